The largest absolute Gasteiger partial charge is 0.224 e. The van der Waals surface area contributed by atoms with Crippen molar-refractivity contribution >= 4 is 32.4 Å². The monoisotopic (exact) mass is 324 g/mol. The molecular weight excluding hydrogens is 311 g/mol. The van der Waals surface area contributed by atoms with Gasteiger partial charge in [-0.25, -0.2) is 8.42 Å². The molecule has 1 aromatic rings. The Balaban J connectivity index is 3.47. The summed E-state index contributed by atoms with van der Waals surface area (Å²) in [6.45, 7) is 3.84. The van der Waals surface area contributed by atoms with Crippen molar-refractivity contribution in [3.63, 3.8) is 0 Å². The van der Waals surface area contributed by atoms with Gasteiger partial charge in [-0.15, -0.1) is 0 Å². The summed E-state index contributed by atoms with van der Waals surface area (Å²) < 4.78 is 23.7. The van der Waals surface area contributed by atoms with E-state index in [1.165, 1.54) is 6.26 Å². The molecule has 1 aromatic carbocycles. The summed E-state index contributed by atoms with van der Waals surface area (Å²) in [4.78, 5) is 0.453. The maximum absolute atomic E-state index is 11.4. The molecule has 0 unspecified atom stereocenters. The number of halogens is 1. The van der Waals surface area contributed by atoms with Crippen LogP contribution in [0.3, 0.4) is 0 Å². The van der Waals surface area contributed by atoms with Crippen molar-refractivity contribution in [2.45, 2.75) is 23.2 Å². The Hall–Kier alpha value is -0.100. The van der Waals surface area contributed by atoms with Crippen molar-refractivity contribution in [2.75, 3.05) is 6.26 Å². The summed E-state index contributed by atoms with van der Waals surface area (Å²) in [5.41, 5.74) is 3.08. The SMILES string of the molecule is Cc1cc(C)c(S(C)(=O)=O)cc1CI. The molecule has 78 valence electrons. The van der Waals surface area contributed by atoms with Crippen LogP contribution in [0.1, 0.15) is 16.7 Å². The van der Waals surface area contributed by atoms with Gasteiger partial charge in [0.1, 0.15) is 0 Å². The third kappa shape index (κ3) is 2.48. The van der Waals surface area contributed by atoms with E-state index < -0.39 is 9.84 Å². The minimum atomic E-state index is -3.09. The van der Waals surface area contributed by atoms with Crippen LogP contribution in [-0.2, 0) is 14.3 Å². The predicted octanol–water partition coefficient (Wildman–Crippen LogP) is 2.64. The summed E-state index contributed by atoms with van der Waals surface area (Å²) in [7, 11) is -3.09. The maximum atomic E-state index is 11.4. The Bertz CT molecular complexity index is 449. The van der Waals surface area contributed by atoms with Crippen LogP contribution in [0.5, 0.6) is 0 Å². The lowest BCUT2D eigenvalue weighted by atomic mass is 10.1. The van der Waals surface area contributed by atoms with E-state index >= 15 is 0 Å². The van der Waals surface area contributed by atoms with Crippen LogP contribution in [0.15, 0.2) is 17.0 Å². The van der Waals surface area contributed by atoms with Gasteiger partial charge in [0.15, 0.2) is 9.84 Å². The number of benzene rings is 1. The molecule has 0 aliphatic carbocycles. The fraction of sp³-hybridized carbons (Fsp3) is 0.400. The first-order valence-corrected chi connectivity index (χ1v) is 7.64. The minimum Gasteiger partial charge on any atom is -0.224 e. The van der Waals surface area contributed by atoms with Crippen molar-refractivity contribution in [2.24, 2.45) is 0 Å². The zero-order valence-corrected chi connectivity index (χ0v) is 11.4. The number of sulfone groups is 1. The first-order chi connectivity index (χ1) is 6.36. The smallest absolute Gasteiger partial charge is 0.175 e. The molecule has 4 heteroatoms. The molecular formula is C10H13IO2S. The molecule has 0 spiro atoms. The number of rotatable bonds is 2. The van der Waals surface area contributed by atoms with Crippen molar-refractivity contribution in [3.05, 3.63) is 28.8 Å². The number of aryl methyl sites for hydroxylation is 2. The molecule has 0 aliphatic heterocycles. The molecule has 0 bridgehead atoms. The van der Waals surface area contributed by atoms with Crippen LogP contribution in [0, 0.1) is 13.8 Å². The second-order valence-corrected chi connectivity index (χ2v) is 6.20. The lowest BCUT2D eigenvalue weighted by molar-refractivity contribution is 0.601. The van der Waals surface area contributed by atoms with E-state index in [-0.39, 0.29) is 0 Å². The van der Waals surface area contributed by atoms with Crippen LogP contribution in [-0.4, -0.2) is 14.7 Å². The van der Waals surface area contributed by atoms with Gasteiger partial charge in [0.05, 0.1) is 4.90 Å². The van der Waals surface area contributed by atoms with E-state index in [2.05, 4.69) is 22.6 Å². The third-order valence-electron chi connectivity index (χ3n) is 2.18. The predicted molar refractivity (Wildman–Crippen MR) is 66.7 cm³/mol. The summed E-state index contributed by atoms with van der Waals surface area (Å²) in [6.07, 6.45) is 1.25. The Morgan fingerprint density at radius 3 is 2.21 bits per heavy atom. The Labute approximate surface area is 98.8 Å². The molecule has 0 saturated heterocycles. The highest BCUT2D eigenvalue weighted by Gasteiger charge is 2.12. The van der Waals surface area contributed by atoms with Crippen LogP contribution in [0.2, 0.25) is 0 Å². The van der Waals surface area contributed by atoms with Crippen LogP contribution >= 0.6 is 22.6 Å². The standard InChI is InChI=1S/C10H13IO2S/c1-7-4-8(2)10(14(3,12)13)5-9(7)6-11/h4-5H,6H2,1-3H3. The van der Waals surface area contributed by atoms with Gasteiger partial charge >= 0.3 is 0 Å². The Kier molecular flexibility index (Phi) is 3.58. The number of hydrogen-bond donors (Lipinski definition) is 0. The zero-order valence-electron chi connectivity index (χ0n) is 8.46. The molecule has 0 radical (unpaired) electrons. The highest BCUT2D eigenvalue weighted by Crippen LogP contribution is 2.22. The molecule has 0 aromatic heterocycles. The van der Waals surface area contributed by atoms with E-state index in [0.29, 0.717) is 4.90 Å². The van der Waals surface area contributed by atoms with Gasteiger partial charge in [-0.1, -0.05) is 28.7 Å². The van der Waals surface area contributed by atoms with Gasteiger partial charge in [0, 0.05) is 10.7 Å². The van der Waals surface area contributed by atoms with Crippen LogP contribution in [0.4, 0.5) is 0 Å². The Morgan fingerprint density at radius 2 is 1.79 bits per heavy atom. The van der Waals surface area contributed by atoms with Crippen molar-refractivity contribution in [1.82, 2.24) is 0 Å². The average Bonchev–Trinajstić information content (AvgIpc) is 2.02. The number of alkyl halides is 1. The van der Waals surface area contributed by atoms with Gasteiger partial charge < -0.3 is 0 Å². The van der Waals surface area contributed by atoms with E-state index in [1.807, 2.05) is 19.9 Å². The van der Waals surface area contributed by atoms with E-state index in [9.17, 15) is 8.42 Å². The molecule has 2 nitrogen and oxygen atoms in total. The van der Waals surface area contributed by atoms with Gasteiger partial charge in [-0.3, -0.25) is 0 Å². The fourth-order valence-corrected chi connectivity index (χ4v) is 3.24. The molecule has 14 heavy (non-hydrogen) atoms. The summed E-state index contributed by atoms with van der Waals surface area (Å²) in [5.74, 6) is 0. The van der Waals surface area contributed by atoms with Gasteiger partial charge in [0.2, 0.25) is 0 Å². The highest BCUT2D eigenvalue weighted by atomic mass is 127. The quantitative estimate of drug-likeness (QED) is 0.619. The average molecular weight is 324 g/mol. The van der Waals surface area contributed by atoms with E-state index in [0.717, 1.165) is 21.1 Å². The van der Waals surface area contributed by atoms with Crippen molar-refractivity contribution < 1.29 is 8.42 Å². The van der Waals surface area contributed by atoms with E-state index in [4.69, 9.17) is 0 Å². The zero-order chi connectivity index (χ0) is 10.9. The van der Waals surface area contributed by atoms with Crippen molar-refractivity contribution in [3.8, 4) is 0 Å². The summed E-state index contributed by atoms with van der Waals surface area (Å²) >= 11 is 2.24. The second-order valence-electron chi connectivity index (χ2n) is 3.45. The molecule has 0 amide bonds. The molecule has 0 saturated carbocycles. The number of hydrogen-bond acceptors (Lipinski definition) is 2. The lowest BCUT2D eigenvalue weighted by Gasteiger charge is -2.08. The molecule has 0 fully saturated rings. The van der Waals surface area contributed by atoms with Gasteiger partial charge in [-0.2, -0.15) is 0 Å². The van der Waals surface area contributed by atoms with Gasteiger partial charge in [0.25, 0.3) is 0 Å². The maximum Gasteiger partial charge on any atom is 0.175 e. The normalized spacial score (nSPS) is 11.7. The van der Waals surface area contributed by atoms with E-state index in [1.54, 1.807) is 6.07 Å². The van der Waals surface area contributed by atoms with Crippen LogP contribution < -0.4 is 0 Å². The highest BCUT2D eigenvalue weighted by molar-refractivity contribution is 14.1. The lowest BCUT2D eigenvalue weighted by Crippen LogP contribution is -2.02. The second kappa shape index (κ2) is 4.18. The van der Waals surface area contributed by atoms with Crippen molar-refractivity contribution in [1.29, 1.82) is 0 Å². The van der Waals surface area contributed by atoms with Crippen LogP contribution in [0.25, 0.3) is 0 Å². The summed E-state index contributed by atoms with van der Waals surface area (Å²) in [6, 6.07) is 3.72. The molecule has 0 heterocycles. The fourth-order valence-electron chi connectivity index (χ4n) is 1.42. The molecule has 0 atom stereocenters. The Morgan fingerprint density at radius 1 is 1.21 bits per heavy atom. The first kappa shape index (κ1) is 12.0. The molecule has 0 aliphatic rings. The minimum absolute atomic E-state index is 0.453. The third-order valence-corrected chi connectivity index (χ3v) is 4.24. The van der Waals surface area contributed by atoms with Gasteiger partial charge in [-0.05, 0) is 36.6 Å². The molecule has 1 rings (SSSR count). The summed E-state index contributed by atoms with van der Waals surface area (Å²) in [5, 5.41) is 0. The molecule has 0 N–H and O–H groups in total. The first-order valence-electron chi connectivity index (χ1n) is 4.22. The topological polar surface area (TPSA) is 34.1 Å².